The molecule has 0 amide bonds. The maximum atomic E-state index is 11.0. The fraction of sp³-hybridized carbons (Fsp3) is 0.778. The molecule has 0 aliphatic carbocycles. The van der Waals surface area contributed by atoms with Crippen LogP contribution in [0.15, 0.2) is 0 Å². The molecule has 12 heavy (non-hydrogen) atoms. The average Bonchev–Trinajstić information content (AvgIpc) is 2.11. The largest absolute Gasteiger partial charge is 0.469 e. The summed E-state index contributed by atoms with van der Waals surface area (Å²) in [5.41, 5.74) is 0. The molecule has 0 aromatic rings. The molecule has 0 aliphatic heterocycles. The Kier molecular flexibility index (Phi) is 5.34. The normalized spacial score (nSPS) is 14.9. The topological polar surface area (TPSA) is 43.4 Å². The molecule has 0 spiro atoms. The third-order valence-corrected chi connectivity index (χ3v) is 2.01. The van der Waals surface area contributed by atoms with E-state index in [-0.39, 0.29) is 17.8 Å². The lowest BCUT2D eigenvalue weighted by Gasteiger charge is -2.14. The zero-order valence-corrected chi connectivity index (χ0v) is 7.87. The van der Waals surface area contributed by atoms with Gasteiger partial charge in [-0.25, -0.2) is 0 Å². The first-order valence-electron chi connectivity index (χ1n) is 4.20. The highest BCUT2D eigenvalue weighted by Crippen LogP contribution is 2.16. The summed E-state index contributed by atoms with van der Waals surface area (Å²) in [5, 5.41) is 0. The number of methoxy groups -OCH3 is 1. The minimum Gasteiger partial charge on any atom is -0.469 e. The lowest BCUT2D eigenvalue weighted by Crippen LogP contribution is -2.23. The van der Waals surface area contributed by atoms with E-state index in [4.69, 9.17) is 0 Å². The Morgan fingerprint density at radius 2 is 2.17 bits per heavy atom. The Bertz CT molecular complexity index is 154. The van der Waals surface area contributed by atoms with Gasteiger partial charge in [0, 0.05) is 5.92 Å². The molecule has 3 nitrogen and oxygen atoms in total. The number of ether oxygens (including phenoxy) is 1. The van der Waals surface area contributed by atoms with Crippen molar-refractivity contribution in [1.29, 1.82) is 0 Å². The second-order valence-corrected chi connectivity index (χ2v) is 2.90. The number of rotatable bonds is 5. The summed E-state index contributed by atoms with van der Waals surface area (Å²) in [4.78, 5) is 21.6. The number of hydrogen-bond acceptors (Lipinski definition) is 3. The molecule has 0 saturated heterocycles. The van der Waals surface area contributed by atoms with Crippen LogP contribution in [0.4, 0.5) is 0 Å². The quantitative estimate of drug-likeness (QED) is 0.465. The van der Waals surface area contributed by atoms with Crippen LogP contribution in [0.5, 0.6) is 0 Å². The van der Waals surface area contributed by atoms with Gasteiger partial charge in [0.25, 0.3) is 0 Å². The van der Waals surface area contributed by atoms with E-state index in [0.29, 0.717) is 0 Å². The molecule has 0 rings (SSSR count). The highest BCUT2D eigenvalue weighted by Gasteiger charge is 2.23. The highest BCUT2D eigenvalue weighted by atomic mass is 16.5. The highest BCUT2D eigenvalue weighted by molar-refractivity contribution is 5.76. The van der Waals surface area contributed by atoms with E-state index in [9.17, 15) is 9.59 Å². The van der Waals surface area contributed by atoms with Crippen molar-refractivity contribution in [3.8, 4) is 0 Å². The maximum absolute atomic E-state index is 11.0. The lowest BCUT2D eigenvalue weighted by molar-refractivity contribution is -0.147. The van der Waals surface area contributed by atoms with Crippen LogP contribution in [0.25, 0.3) is 0 Å². The average molecular weight is 172 g/mol. The van der Waals surface area contributed by atoms with E-state index < -0.39 is 0 Å². The van der Waals surface area contributed by atoms with Gasteiger partial charge in [0.15, 0.2) is 0 Å². The van der Waals surface area contributed by atoms with E-state index in [2.05, 4.69) is 4.74 Å². The zero-order chi connectivity index (χ0) is 9.56. The lowest BCUT2D eigenvalue weighted by atomic mass is 9.91. The van der Waals surface area contributed by atoms with Crippen LogP contribution in [0, 0.1) is 11.8 Å². The molecule has 0 aliphatic rings. The molecule has 0 heterocycles. The van der Waals surface area contributed by atoms with Crippen molar-refractivity contribution in [2.45, 2.75) is 26.7 Å². The molecule has 0 N–H and O–H groups in total. The third-order valence-electron chi connectivity index (χ3n) is 2.01. The molecular weight excluding hydrogens is 156 g/mol. The first-order valence-corrected chi connectivity index (χ1v) is 4.20. The van der Waals surface area contributed by atoms with Gasteiger partial charge in [-0.3, -0.25) is 4.79 Å². The predicted molar refractivity (Wildman–Crippen MR) is 45.6 cm³/mol. The van der Waals surface area contributed by atoms with Gasteiger partial charge in [0.05, 0.1) is 13.0 Å². The number of carbonyl (C=O) groups is 2. The predicted octanol–water partition coefficient (Wildman–Crippen LogP) is 1.41. The van der Waals surface area contributed by atoms with Crippen LogP contribution in [0.2, 0.25) is 0 Å². The Hall–Kier alpha value is -0.860. The Labute approximate surface area is 73.1 Å². The van der Waals surface area contributed by atoms with Crippen molar-refractivity contribution >= 4 is 12.3 Å². The summed E-state index contributed by atoms with van der Waals surface area (Å²) in [7, 11) is 1.34. The first kappa shape index (κ1) is 11.1. The molecular formula is C9H16O3. The van der Waals surface area contributed by atoms with Crippen LogP contribution in [-0.2, 0) is 14.3 Å². The van der Waals surface area contributed by atoms with Gasteiger partial charge < -0.3 is 9.53 Å². The van der Waals surface area contributed by atoms with Gasteiger partial charge in [-0.2, -0.15) is 0 Å². The van der Waals surface area contributed by atoms with E-state index in [1.54, 1.807) is 6.92 Å². The first-order chi connectivity index (χ1) is 5.67. The SMILES string of the molecule is CCCC(C=O)C(C)C(=O)OC. The van der Waals surface area contributed by atoms with Gasteiger partial charge >= 0.3 is 5.97 Å². The number of carbonyl (C=O) groups excluding carboxylic acids is 2. The second-order valence-electron chi connectivity index (χ2n) is 2.90. The molecule has 0 aromatic heterocycles. The van der Waals surface area contributed by atoms with Crippen molar-refractivity contribution in [3.63, 3.8) is 0 Å². The molecule has 0 radical (unpaired) electrons. The maximum Gasteiger partial charge on any atom is 0.309 e. The fourth-order valence-corrected chi connectivity index (χ4v) is 1.13. The van der Waals surface area contributed by atoms with Crippen molar-refractivity contribution in [2.24, 2.45) is 11.8 Å². The third kappa shape index (κ3) is 3.03. The number of esters is 1. The van der Waals surface area contributed by atoms with Crippen LogP contribution >= 0.6 is 0 Å². The smallest absolute Gasteiger partial charge is 0.309 e. The summed E-state index contributed by atoms with van der Waals surface area (Å²) in [6, 6.07) is 0. The minimum atomic E-state index is -0.313. The molecule has 0 aromatic carbocycles. The fourth-order valence-electron chi connectivity index (χ4n) is 1.13. The standard InChI is InChI=1S/C9H16O3/c1-4-5-8(6-10)7(2)9(11)12-3/h6-8H,4-5H2,1-3H3. The summed E-state index contributed by atoms with van der Waals surface area (Å²) >= 11 is 0. The molecule has 0 bridgehead atoms. The monoisotopic (exact) mass is 172 g/mol. The molecule has 0 saturated carbocycles. The van der Waals surface area contributed by atoms with E-state index in [1.807, 2.05) is 6.92 Å². The Morgan fingerprint density at radius 1 is 1.58 bits per heavy atom. The summed E-state index contributed by atoms with van der Waals surface area (Å²) in [5.74, 6) is -0.810. The molecule has 2 unspecified atom stereocenters. The number of hydrogen-bond donors (Lipinski definition) is 0. The van der Waals surface area contributed by atoms with Crippen molar-refractivity contribution < 1.29 is 14.3 Å². The van der Waals surface area contributed by atoms with Crippen molar-refractivity contribution in [1.82, 2.24) is 0 Å². The summed E-state index contributed by atoms with van der Waals surface area (Å²) in [6.45, 7) is 3.71. The molecule has 2 atom stereocenters. The second kappa shape index (κ2) is 5.75. The molecule has 3 heteroatoms. The van der Waals surface area contributed by atoms with E-state index in [0.717, 1.165) is 19.1 Å². The van der Waals surface area contributed by atoms with Crippen molar-refractivity contribution in [2.75, 3.05) is 7.11 Å². The molecule has 70 valence electrons. The van der Waals surface area contributed by atoms with E-state index >= 15 is 0 Å². The molecule has 0 fully saturated rings. The summed E-state index contributed by atoms with van der Waals surface area (Å²) in [6.07, 6.45) is 2.50. The van der Waals surface area contributed by atoms with Gasteiger partial charge in [-0.15, -0.1) is 0 Å². The van der Waals surface area contributed by atoms with Crippen LogP contribution in [-0.4, -0.2) is 19.4 Å². The minimum absolute atomic E-state index is 0.192. The van der Waals surface area contributed by atoms with Crippen LogP contribution in [0.1, 0.15) is 26.7 Å². The Morgan fingerprint density at radius 3 is 2.50 bits per heavy atom. The summed E-state index contributed by atoms with van der Waals surface area (Å²) < 4.78 is 4.54. The van der Waals surface area contributed by atoms with E-state index in [1.165, 1.54) is 7.11 Å². The number of aldehydes is 1. The van der Waals surface area contributed by atoms with Crippen LogP contribution in [0.3, 0.4) is 0 Å². The van der Waals surface area contributed by atoms with Crippen LogP contribution < -0.4 is 0 Å². The van der Waals surface area contributed by atoms with Gasteiger partial charge in [-0.05, 0) is 6.42 Å². The zero-order valence-electron chi connectivity index (χ0n) is 7.87. The van der Waals surface area contributed by atoms with Gasteiger partial charge in [0.2, 0.25) is 0 Å². The Balaban J connectivity index is 4.09. The van der Waals surface area contributed by atoms with Gasteiger partial charge in [0.1, 0.15) is 6.29 Å². The van der Waals surface area contributed by atoms with Gasteiger partial charge in [-0.1, -0.05) is 20.3 Å². The van der Waals surface area contributed by atoms with Crippen molar-refractivity contribution in [3.05, 3.63) is 0 Å².